The lowest BCUT2D eigenvalue weighted by Gasteiger charge is -2.38. The number of piperidine rings is 1. The van der Waals surface area contributed by atoms with E-state index in [1.54, 1.807) is 17.0 Å². The lowest BCUT2D eigenvalue weighted by atomic mass is 9.92. The van der Waals surface area contributed by atoms with Crippen molar-refractivity contribution in [2.75, 3.05) is 52.4 Å². The first-order valence-electron chi connectivity index (χ1n) is 10.1. The Labute approximate surface area is 172 Å². The molecule has 2 aliphatic heterocycles. The van der Waals surface area contributed by atoms with E-state index in [4.69, 9.17) is 16.3 Å². The van der Waals surface area contributed by atoms with E-state index in [2.05, 4.69) is 18.7 Å². The van der Waals surface area contributed by atoms with Crippen LogP contribution in [0.15, 0.2) is 24.3 Å². The maximum absolute atomic E-state index is 12.6. The molecule has 0 spiro atoms. The second kappa shape index (κ2) is 9.61. The highest BCUT2D eigenvalue weighted by molar-refractivity contribution is 6.32. The third-order valence-electron chi connectivity index (χ3n) is 5.49. The van der Waals surface area contributed by atoms with Crippen molar-refractivity contribution >= 4 is 23.4 Å². The van der Waals surface area contributed by atoms with Crippen molar-refractivity contribution in [3.8, 4) is 5.75 Å². The first-order valence-corrected chi connectivity index (χ1v) is 10.5. The minimum absolute atomic E-state index is 0.0216. The monoisotopic (exact) mass is 407 g/mol. The number of benzene rings is 1. The van der Waals surface area contributed by atoms with E-state index in [0.29, 0.717) is 55.3 Å². The Morgan fingerprint density at radius 1 is 1.00 bits per heavy atom. The molecule has 28 heavy (non-hydrogen) atoms. The van der Waals surface area contributed by atoms with Gasteiger partial charge in [-0.25, -0.2) is 0 Å². The van der Waals surface area contributed by atoms with Crippen molar-refractivity contribution < 1.29 is 14.3 Å². The Hall–Kier alpha value is -1.79. The number of nitrogens with zero attached hydrogens (tertiary/aromatic N) is 3. The summed E-state index contributed by atoms with van der Waals surface area (Å²) < 4.78 is 5.55. The Morgan fingerprint density at radius 2 is 1.64 bits per heavy atom. The van der Waals surface area contributed by atoms with E-state index < -0.39 is 0 Å². The molecule has 2 saturated heterocycles. The molecule has 1 aromatic rings. The number of hydrogen-bond donors (Lipinski definition) is 0. The van der Waals surface area contributed by atoms with Gasteiger partial charge in [-0.3, -0.25) is 14.5 Å². The molecule has 3 rings (SSSR count). The third kappa shape index (κ3) is 5.61. The molecule has 1 aromatic carbocycles. The molecular weight excluding hydrogens is 378 g/mol. The van der Waals surface area contributed by atoms with Crippen LogP contribution >= 0.6 is 11.6 Å². The van der Waals surface area contributed by atoms with Gasteiger partial charge in [0.05, 0.1) is 11.6 Å². The molecule has 2 amide bonds. The fourth-order valence-corrected chi connectivity index (χ4v) is 4.30. The standard InChI is InChI=1S/C21H30ClN3O3/c1-16-11-17(2)13-25(12-16)20(26)14-23-7-9-24(10-8-23)21(27)15-28-19-6-4-3-5-18(19)22/h3-6,16-17H,7-15H2,1-2H3. The van der Waals surface area contributed by atoms with E-state index >= 15 is 0 Å². The summed E-state index contributed by atoms with van der Waals surface area (Å²) in [4.78, 5) is 31.0. The van der Waals surface area contributed by atoms with Crippen LogP contribution in [0.3, 0.4) is 0 Å². The van der Waals surface area contributed by atoms with Gasteiger partial charge in [-0.2, -0.15) is 0 Å². The lowest BCUT2D eigenvalue weighted by molar-refractivity contribution is -0.137. The Kier molecular flexibility index (Phi) is 7.18. The maximum Gasteiger partial charge on any atom is 0.260 e. The predicted molar refractivity (Wildman–Crippen MR) is 109 cm³/mol. The molecule has 2 heterocycles. The van der Waals surface area contributed by atoms with Gasteiger partial charge in [0.25, 0.3) is 5.91 Å². The highest BCUT2D eigenvalue weighted by atomic mass is 35.5. The van der Waals surface area contributed by atoms with Crippen LogP contribution in [0.5, 0.6) is 5.75 Å². The zero-order chi connectivity index (χ0) is 20.1. The molecule has 0 saturated carbocycles. The van der Waals surface area contributed by atoms with Crippen LogP contribution in [0.1, 0.15) is 20.3 Å². The molecule has 2 atom stereocenters. The first-order chi connectivity index (χ1) is 13.4. The summed E-state index contributed by atoms with van der Waals surface area (Å²) in [7, 11) is 0. The first kappa shape index (κ1) is 20.9. The van der Waals surface area contributed by atoms with Crippen molar-refractivity contribution in [3.05, 3.63) is 29.3 Å². The molecule has 0 N–H and O–H groups in total. The van der Waals surface area contributed by atoms with Gasteiger partial charge in [0, 0.05) is 39.3 Å². The lowest BCUT2D eigenvalue weighted by Crippen LogP contribution is -2.53. The summed E-state index contributed by atoms with van der Waals surface area (Å²) in [5.74, 6) is 1.82. The number of piperazine rings is 1. The van der Waals surface area contributed by atoms with Crippen molar-refractivity contribution in [2.24, 2.45) is 11.8 Å². The SMILES string of the molecule is CC1CC(C)CN(C(=O)CN2CCN(C(=O)COc3ccccc3Cl)CC2)C1. The summed E-state index contributed by atoms with van der Waals surface area (Å²) in [6.45, 7) is 9.22. The Morgan fingerprint density at radius 3 is 2.29 bits per heavy atom. The number of carbonyl (C=O) groups excluding carboxylic acids is 2. The van der Waals surface area contributed by atoms with Gasteiger partial charge in [-0.05, 0) is 30.4 Å². The van der Waals surface area contributed by atoms with Crippen LogP contribution in [0.25, 0.3) is 0 Å². The molecule has 0 aliphatic carbocycles. The van der Waals surface area contributed by atoms with Gasteiger partial charge in [0.15, 0.2) is 6.61 Å². The molecular formula is C21H30ClN3O3. The van der Waals surface area contributed by atoms with Crippen LogP contribution in [-0.2, 0) is 9.59 Å². The molecule has 154 valence electrons. The van der Waals surface area contributed by atoms with Crippen molar-refractivity contribution in [1.82, 2.24) is 14.7 Å². The molecule has 2 fully saturated rings. The van der Waals surface area contributed by atoms with E-state index in [0.717, 1.165) is 13.1 Å². The highest BCUT2D eigenvalue weighted by Crippen LogP contribution is 2.23. The van der Waals surface area contributed by atoms with Crippen LogP contribution in [-0.4, -0.2) is 78.9 Å². The normalized spacial score (nSPS) is 23.5. The second-order valence-electron chi connectivity index (χ2n) is 8.12. The smallest absolute Gasteiger partial charge is 0.260 e. The van der Waals surface area contributed by atoms with Crippen molar-refractivity contribution in [3.63, 3.8) is 0 Å². The number of para-hydroxylation sites is 1. The van der Waals surface area contributed by atoms with Crippen molar-refractivity contribution in [1.29, 1.82) is 0 Å². The van der Waals surface area contributed by atoms with Gasteiger partial charge in [-0.1, -0.05) is 37.6 Å². The topological polar surface area (TPSA) is 53.1 Å². The number of hydrogen-bond acceptors (Lipinski definition) is 4. The van der Waals surface area contributed by atoms with E-state index in [1.165, 1.54) is 6.42 Å². The number of amides is 2. The fourth-order valence-electron chi connectivity index (χ4n) is 4.11. The average Bonchev–Trinajstić information content (AvgIpc) is 2.67. The number of likely N-dealkylation sites (tertiary alicyclic amines) is 1. The summed E-state index contributed by atoms with van der Waals surface area (Å²) in [6.07, 6.45) is 1.20. The Bertz CT molecular complexity index is 681. The van der Waals surface area contributed by atoms with Crippen LogP contribution in [0.2, 0.25) is 5.02 Å². The number of ether oxygens (including phenoxy) is 1. The van der Waals surface area contributed by atoms with Crippen molar-refractivity contribution in [2.45, 2.75) is 20.3 Å². The maximum atomic E-state index is 12.6. The number of halogens is 1. The van der Waals surface area contributed by atoms with Crippen LogP contribution in [0, 0.1) is 11.8 Å². The average molecular weight is 408 g/mol. The quantitative estimate of drug-likeness (QED) is 0.752. The summed E-state index contributed by atoms with van der Waals surface area (Å²) in [5, 5.41) is 0.500. The molecule has 7 heteroatoms. The van der Waals surface area contributed by atoms with Gasteiger partial charge in [0.2, 0.25) is 5.91 Å². The van der Waals surface area contributed by atoms with E-state index in [9.17, 15) is 9.59 Å². The minimum atomic E-state index is -0.0513. The molecule has 6 nitrogen and oxygen atoms in total. The minimum Gasteiger partial charge on any atom is -0.482 e. The van der Waals surface area contributed by atoms with E-state index in [-0.39, 0.29) is 18.4 Å². The molecule has 0 bridgehead atoms. The molecule has 2 unspecified atom stereocenters. The van der Waals surface area contributed by atoms with Gasteiger partial charge < -0.3 is 14.5 Å². The zero-order valence-electron chi connectivity index (χ0n) is 16.8. The number of carbonyl (C=O) groups is 2. The van der Waals surface area contributed by atoms with Gasteiger partial charge >= 0.3 is 0 Å². The zero-order valence-corrected chi connectivity index (χ0v) is 17.5. The van der Waals surface area contributed by atoms with Crippen LogP contribution in [0.4, 0.5) is 0 Å². The molecule has 0 radical (unpaired) electrons. The largest absolute Gasteiger partial charge is 0.482 e. The fraction of sp³-hybridized carbons (Fsp3) is 0.619. The molecule has 2 aliphatic rings. The van der Waals surface area contributed by atoms with Crippen LogP contribution < -0.4 is 4.74 Å². The highest BCUT2D eigenvalue weighted by Gasteiger charge is 2.28. The summed E-state index contributed by atoms with van der Waals surface area (Å²) in [6, 6.07) is 7.14. The Balaban J connectivity index is 1.41. The van der Waals surface area contributed by atoms with Gasteiger partial charge in [0.1, 0.15) is 5.75 Å². The predicted octanol–water partition coefficient (Wildman–Crippen LogP) is 2.37. The summed E-state index contributed by atoms with van der Waals surface area (Å²) in [5.41, 5.74) is 0. The molecule has 0 aromatic heterocycles. The second-order valence-corrected chi connectivity index (χ2v) is 8.53. The number of rotatable bonds is 5. The third-order valence-corrected chi connectivity index (χ3v) is 5.81. The summed E-state index contributed by atoms with van der Waals surface area (Å²) >= 11 is 6.05. The van der Waals surface area contributed by atoms with E-state index in [1.807, 2.05) is 17.0 Å². The van der Waals surface area contributed by atoms with Gasteiger partial charge in [-0.15, -0.1) is 0 Å².